The molecule has 0 aliphatic rings. The molecule has 0 aliphatic heterocycles. The van der Waals surface area contributed by atoms with Gasteiger partial charge in [0, 0.05) is 10.0 Å². The van der Waals surface area contributed by atoms with Crippen molar-refractivity contribution >= 4 is 33.6 Å². The van der Waals surface area contributed by atoms with Crippen LogP contribution in [0.1, 0.15) is 25.5 Å². The predicted octanol–water partition coefficient (Wildman–Crippen LogP) is 4.04. The van der Waals surface area contributed by atoms with Crippen LogP contribution in [0.2, 0.25) is 0 Å². The lowest BCUT2D eigenvalue weighted by atomic mass is 9.96. The van der Waals surface area contributed by atoms with E-state index >= 15 is 0 Å². The Labute approximate surface area is 188 Å². The molecule has 3 rings (SSSR count). The molecule has 0 fully saturated rings. The molecule has 7 nitrogen and oxygen atoms in total. The van der Waals surface area contributed by atoms with Gasteiger partial charge in [0.1, 0.15) is 5.75 Å². The van der Waals surface area contributed by atoms with E-state index in [1.165, 1.54) is 16.4 Å². The van der Waals surface area contributed by atoms with E-state index in [0.717, 1.165) is 21.3 Å². The highest BCUT2D eigenvalue weighted by Gasteiger charge is 2.20. The van der Waals surface area contributed by atoms with Crippen LogP contribution in [0.5, 0.6) is 5.75 Å². The average Bonchev–Trinajstić information content (AvgIpc) is 3.11. The number of hydrogen-bond donors (Lipinski definition) is 2. The number of aromatic nitrogens is 3. The highest BCUT2D eigenvalue weighted by atomic mass is 79.9. The number of halogens is 1. The van der Waals surface area contributed by atoms with Gasteiger partial charge in [-0.25, -0.2) is 4.68 Å². The summed E-state index contributed by atoms with van der Waals surface area (Å²) >= 11 is 4.74. The molecule has 0 spiro atoms. The summed E-state index contributed by atoms with van der Waals surface area (Å²) in [5.41, 5.74) is 1.87. The average molecular weight is 490 g/mol. The van der Waals surface area contributed by atoms with Crippen molar-refractivity contribution in [2.45, 2.75) is 25.0 Å². The number of nitrogens with zero attached hydrogens (tertiary/aromatic N) is 3. The Balaban J connectivity index is 1.65. The Morgan fingerprint density at radius 2 is 1.90 bits per heavy atom. The molecule has 0 saturated carbocycles. The van der Waals surface area contributed by atoms with Crippen molar-refractivity contribution in [2.75, 3.05) is 18.7 Å². The van der Waals surface area contributed by atoms with Crippen molar-refractivity contribution in [3.63, 3.8) is 0 Å². The molecule has 2 aromatic carbocycles. The summed E-state index contributed by atoms with van der Waals surface area (Å²) in [7, 11) is 1.63. The van der Waals surface area contributed by atoms with Crippen molar-refractivity contribution in [3.8, 4) is 17.1 Å². The molecule has 1 unspecified atom stereocenters. The number of hydrogen-bond acceptors (Lipinski definition) is 6. The van der Waals surface area contributed by atoms with Gasteiger partial charge in [0.25, 0.3) is 0 Å². The summed E-state index contributed by atoms with van der Waals surface area (Å²) in [5.74, 6) is 7.80. The SMILES string of the molecule is COc1ccc(C(NC(=O)CSc2nnc(-c3ccccc3Br)n2N)C(C)C)cc1. The molecule has 1 atom stereocenters. The van der Waals surface area contributed by atoms with Gasteiger partial charge in [0.2, 0.25) is 11.1 Å². The summed E-state index contributed by atoms with van der Waals surface area (Å²) in [6.45, 7) is 4.14. The smallest absolute Gasteiger partial charge is 0.230 e. The second-order valence-electron chi connectivity index (χ2n) is 7.01. The van der Waals surface area contributed by atoms with Crippen LogP contribution in [0.4, 0.5) is 0 Å². The van der Waals surface area contributed by atoms with Crippen molar-refractivity contribution in [3.05, 3.63) is 58.6 Å². The number of nitrogens with two attached hydrogens (primary N) is 1. The number of ether oxygens (including phenoxy) is 1. The fraction of sp³-hybridized carbons (Fsp3) is 0.286. The molecule has 158 valence electrons. The van der Waals surface area contributed by atoms with Crippen molar-refractivity contribution < 1.29 is 9.53 Å². The molecule has 0 saturated heterocycles. The molecule has 3 aromatic rings. The summed E-state index contributed by atoms with van der Waals surface area (Å²) in [4.78, 5) is 12.6. The number of carbonyl (C=O) groups is 1. The van der Waals surface area contributed by atoms with Crippen LogP contribution in [-0.2, 0) is 4.79 Å². The minimum atomic E-state index is -0.101. The van der Waals surface area contributed by atoms with Gasteiger partial charge < -0.3 is 15.9 Å². The Hall–Kier alpha value is -2.52. The van der Waals surface area contributed by atoms with Crippen LogP contribution in [0.3, 0.4) is 0 Å². The molecule has 0 radical (unpaired) electrons. The van der Waals surface area contributed by atoms with Gasteiger partial charge in [0.15, 0.2) is 5.82 Å². The summed E-state index contributed by atoms with van der Waals surface area (Å²) < 4.78 is 7.49. The zero-order chi connectivity index (χ0) is 21.7. The van der Waals surface area contributed by atoms with Gasteiger partial charge in [-0.1, -0.05) is 65.8 Å². The van der Waals surface area contributed by atoms with Gasteiger partial charge >= 0.3 is 0 Å². The van der Waals surface area contributed by atoms with E-state index < -0.39 is 0 Å². The van der Waals surface area contributed by atoms with Gasteiger partial charge in [0.05, 0.1) is 18.9 Å². The third-order valence-corrected chi connectivity index (χ3v) is 6.20. The zero-order valence-electron chi connectivity index (χ0n) is 17.0. The monoisotopic (exact) mass is 489 g/mol. The Morgan fingerprint density at radius 3 is 2.53 bits per heavy atom. The predicted molar refractivity (Wildman–Crippen MR) is 123 cm³/mol. The van der Waals surface area contributed by atoms with Crippen LogP contribution in [-0.4, -0.2) is 33.6 Å². The molecule has 0 aliphatic carbocycles. The number of benzene rings is 2. The molecule has 1 aromatic heterocycles. The van der Waals surface area contributed by atoms with E-state index in [0.29, 0.717) is 11.0 Å². The normalized spacial score (nSPS) is 12.0. The van der Waals surface area contributed by atoms with E-state index in [4.69, 9.17) is 10.6 Å². The van der Waals surface area contributed by atoms with E-state index in [1.54, 1.807) is 7.11 Å². The van der Waals surface area contributed by atoms with Gasteiger partial charge in [-0.2, -0.15) is 0 Å². The fourth-order valence-corrected chi connectivity index (χ4v) is 4.12. The number of amides is 1. The van der Waals surface area contributed by atoms with Crippen molar-refractivity contribution in [1.29, 1.82) is 0 Å². The molecule has 30 heavy (non-hydrogen) atoms. The van der Waals surface area contributed by atoms with Crippen LogP contribution in [0.25, 0.3) is 11.4 Å². The number of nitrogens with one attached hydrogen (secondary N) is 1. The quantitative estimate of drug-likeness (QED) is 0.366. The molecular weight excluding hydrogens is 466 g/mol. The van der Waals surface area contributed by atoms with Gasteiger partial charge in [-0.3, -0.25) is 4.79 Å². The van der Waals surface area contributed by atoms with E-state index in [1.807, 2.05) is 48.5 Å². The maximum Gasteiger partial charge on any atom is 0.230 e. The van der Waals surface area contributed by atoms with Crippen LogP contribution >= 0.6 is 27.7 Å². The molecule has 9 heteroatoms. The first-order valence-electron chi connectivity index (χ1n) is 9.42. The van der Waals surface area contributed by atoms with Crippen molar-refractivity contribution in [1.82, 2.24) is 20.2 Å². The lowest BCUT2D eigenvalue weighted by Gasteiger charge is -2.23. The summed E-state index contributed by atoms with van der Waals surface area (Å²) in [6, 6.07) is 15.3. The van der Waals surface area contributed by atoms with Crippen LogP contribution in [0, 0.1) is 5.92 Å². The first-order chi connectivity index (χ1) is 14.4. The minimum absolute atomic E-state index is 0.0973. The lowest BCUT2D eigenvalue weighted by molar-refractivity contribution is -0.119. The number of carbonyl (C=O) groups excluding carboxylic acids is 1. The first-order valence-corrected chi connectivity index (χ1v) is 11.2. The van der Waals surface area contributed by atoms with E-state index in [-0.39, 0.29) is 23.6 Å². The zero-order valence-corrected chi connectivity index (χ0v) is 19.4. The molecule has 0 bridgehead atoms. The number of methoxy groups -OCH3 is 1. The number of rotatable bonds is 8. The topological polar surface area (TPSA) is 95.1 Å². The molecule has 1 amide bonds. The fourth-order valence-electron chi connectivity index (χ4n) is 2.99. The highest BCUT2D eigenvalue weighted by molar-refractivity contribution is 9.10. The first kappa shape index (κ1) is 22.2. The standard InChI is InChI=1S/C21H24BrN5O2S/c1-13(2)19(14-8-10-15(29-3)11-9-14)24-18(28)12-30-21-26-25-20(27(21)23)16-6-4-5-7-17(16)22/h4-11,13,19H,12,23H2,1-3H3,(H,24,28). The molecule has 3 N–H and O–H groups in total. The third kappa shape index (κ3) is 5.14. The second-order valence-corrected chi connectivity index (χ2v) is 8.80. The summed E-state index contributed by atoms with van der Waals surface area (Å²) in [5, 5.41) is 11.9. The van der Waals surface area contributed by atoms with Crippen LogP contribution in [0.15, 0.2) is 58.2 Å². The Bertz CT molecular complexity index is 1010. The number of thioether (sulfide) groups is 1. The maximum atomic E-state index is 12.6. The number of nitrogen functional groups attached to an aromatic ring is 1. The minimum Gasteiger partial charge on any atom is -0.497 e. The Morgan fingerprint density at radius 1 is 1.20 bits per heavy atom. The lowest BCUT2D eigenvalue weighted by Crippen LogP contribution is -2.33. The van der Waals surface area contributed by atoms with Gasteiger partial charge in [-0.15, -0.1) is 10.2 Å². The van der Waals surface area contributed by atoms with Crippen LogP contribution < -0.4 is 15.9 Å². The molecule has 1 heterocycles. The maximum absolute atomic E-state index is 12.6. The Kier molecular flexibility index (Phi) is 7.38. The van der Waals surface area contributed by atoms with Crippen molar-refractivity contribution in [2.24, 2.45) is 5.92 Å². The third-order valence-electron chi connectivity index (χ3n) is 4.57. The largest absolute Gasteiger partial charge is 0.497 e. The molecular formula is C21H24BrN5O2S. The summed E-state index contributed by atoms with van der Waals surface area (Å²) in [6.07, 6.45) is 0. The van der Waals surface area contributed by atoms with Gasteiger partial charge in [-0.05, 0) is 35.7 Å². The highest BCUT2D eigenvalue weighted by Crippen LogP contribution is 2.28. The van der Waals surface area contributed by atoms with E-state index in [9.17, 15) is 4.79 Å². The second kappa shape index (κ2) is 9.99. The van der Waals surface area contributed by atoms with E-state index in [2.05, 4.69) is 45.3 Å².